The largest absolute Gasteiger partial charge is 0.496 e. The lowest BCUT2D eigenvalue weighted by atomic mass is 10.1. The molecule has 5 heteroatoms. The van der Waals surface area contributed by atoms with Crippen molar-refractivity contribution in [2.45, 2.75) is 0 Å². The predicted octanol–water partition coefficient (Wildman–Crippen LogP) is 1.08. The average Bonchev–Trinajstić information content (AvgIpc) is 2.57. The van der Waals surface area contributed by atoms with Gasteiger partial charge in [-0.05, 0) is 12.1 Å². The summed E-state index contributed by atoms with van der Waals surface area (Å²) in [5.74, 6) is 0.396. The second kappa shape index (κ2) is 3.53. The van der Waals surface area contributed by atoms with Gasteiger partial charge in [-0.3, -0.25) is 4.98 Å². The fraction of sp³-hybridized carbons (Fsp3) is 0.100. The molecule has 3 N–H and O–H groups in total. The first-order valence-corrected chi connectivity index (χ1v) is 4.37. The maximum Gasteiger partial charge on any atom is 0.326 e. The molecular formula is C10H10N2O3. The van der Waals surface area contributed by atoms with Crippen LogP contribution in [0.3, 0.4) is 0 Å². The maximum atomic E-state index is 11.0. The molecular weight excluding hydrogens is 196 g/mol. The molecule has 0 radical (unpaired) electrons. The zero-order valence-electron chi connectivity index (χ0n) is 8.07. The number of H-pyrrole nitrogens is 2. The first-order valence-electron chi connectivity index (χ1n) is 4.37. The molecule has 0 aliphatic carbocycles. The number of aromatic nitrogens is 2. The van der Waals surface area contributed by atoms with Crippen LogP contribution >= 0.6 is 0 Å². The lowest BCUT2D eigenvalue weighted by molar-refractivity contribution is 0.415. The van der Waals surface area contributed by atoms with Crippen molar-refractivity contribution < 1.29 is 9.84 Å². The van der Waals surface area contributed by atoms with Gasteiger partial charge in [0.2, 0.25) is 5.88 Å². The van der Waals surface area contributed by atoms with E-state index in [0.29, 0.717) is 17.0 Å². The molecule has 78 valence electrons. The summed E-state index contributed by atoms with van der Waals surface area (Å²) in [6, 6.07) is 7.10. The Hall–Kier alpha value is -2.17. The van der Waals surface area contributed by atoms with E-state index in [0.717, 1.165) is 0 Å². The topological polar surface area (TPSA) is 78.1 Å². The number of nitrogens with one attached hydrogen (secondary N) is 2. The number of aromatic amines is 2. The average molecular weight is 206 g/mol. The van der Waals surface area contributed by atoms with E-state index in [4.69, 9.17) is 4.74 Å². The van der Waals surface area contributed by atoms with Gasteiger partial charge in [-0.15, -0.1) is 0 Å². The normalized spacial score (nSPS) is 10.2. The minimum absolute atomic E-state index is 0.190. The van der Waals surface area contributed by atoms with E-state index < -0.39 is 5.69 Å². The number of ether oxygens (including phenoxy) is 1. The smallest absolute Gasteiger partial charge is 0.326 e. The number of benzene rings is 1. The molecule has 0 atom stereocenters. The van der Waals surface area contributed by atoms with E-state index in [2.05, 4.69) is 9.97 Å². The lowest BCUT2D eigenvalue weighted by Crippen LogP contribution is -2.00. The molecule has 0 aliphatic rings. The van der Waals surface area contributed by atoms with Gasteiger partial charge < -0.3 is 14.8 Å². The highest BCUT2D eigenvalue weighted by Gasteiger charge is 2.12. The molecule has 0 bridgehead atoms. The van der Waals surface area contributed by atoms with Gasteiger partial charge in [0.25, 0.3) is 0 Å². The fourth-order valence-corrected chi connectivity index (χ4v) is 1.42. The zero-order chi connectivity index (χ0) is 10.8. The van der Waals surface area contributed by atoms with E-state index in [-0.39, 0.29) is 5.88 Å². The highest BCUT2D eigenvalue weighted by Crippen LogP contribution is 2.31. The van der Waals surface area contributed by atoms with Crippen LogP contribution in [0.25, 0.3) is 11.3 Å². The van der Waals surface area contributed by atoms with Crippen molar-refractivity contribution >= 4 is 0 Å². The molecule has 1 heterocycles. The first kappa shape index (κ1) is 9.39. The summed E-state index contributed by atoms with van der Waals surface area (Å²) in [6.07, 6.45) is 0. The SMILES string of the molecule is COc1ccccc1-c1[nH]c(=O)[nH]c1O. The molecule has 0 amide bonds. The summed E-state index contributed by atoms with van der Waals surface area (Å²) in [4.78, 5) is 15.7. The van der Waals surface area contributed by atoms with Crippen LogP contribution < -0.4 is 10.4 Å². The third-order valence-electron chi connectivity index (χ3n) is 2.08. The summed E-state index contributed by atoms with van der Waals surface area (Å²) in [5.41, 5.74) is 0.515. The number of para-hydroxylation sites is 1. The third kappa shape index (κ3) is 1.59. The van der Waals surface area contributed by atoms with Crippen molar-refractivity contribution in [1.29, 1.82) is 0 Å². The highest BCUT2D eigenvalue weighted by atomic mass is 16.5. The molecule has 15 heavy (non-hydrogen) atoms. The molecule has 0 unspecified atom stereocenters. The van der Waals surface area contributed by atoms with Crippen molar-refractivity contribution in [3.8, 4) is 22.9 Å². The van der Waals surface area contributed by atoms with Crippen LogP contribution in [0.2, 0.25) is 0 Å². The van der Waals surface area contributed by atoms with Gasteiger partial charge in [0.1, 0.15) is 11.4 Å². The molecule has 0 saturated carbocycles. The zero-order valence-corrected chi connectivity index (χ0v) is 8.07. The minimum Gasteiger partial charge on any atom is -0.496 e. The molecule has 0 fully saturated rings. The maximum absolute atomic E-state index is 11.0. The molecule has 2 rings (SSSR count). The standard InChI is InChI=1S/C10H10N2O3/c1-15-7-5-3-2-4-6(7)8-9(13)12-10(14)11-8/h2-5,13H,1H3,(H2,11,12,14). The monoisotopic (exact) mass is 206 g/mol. The Labute approximate surface area is 85.4 Å². The van der Waals surface area contributed by atoms with E-state index >= 15 is 0 Å². The van der Waals surface area contributed by atoms with Crippen LogP contribution in [0, 0.1) is 0 Å². The van der Waals surface area contributed by atoms with Gasteiger partial charge >= 0.3 is 5.69 Å². The van der Waals surface area contributed by atoms with Crippen LogP contribution in [0.15, 0.2) is 29.1 Å². The highest BCUT2D eigenvalue weighted by molar-refractivity contribution is 5.70. The van der Waals surface area contributed by atoms with E-state index in [9.17, 15) is 9.90 Å². The predicted molar refractivity (Wildman–Crippen MR) is 55.1 cm³/mol. The van der Waals surface area contributed by atoms with Crippen molar-refractivity contribution in [3.63, 3.8) is 0 Å². The quantitative estimate of drug-likeness (QED) is 0.688. The Kier molecular flexibility index (Phi) is 2.21. The van der Waals surface area contributed by atoms with Gasteiger partial charge in [-0.2, -0.15) is 0 Å². The van der Waals surface area contributed by atoms with Crippen LogP contribution in [0.1, 0.15) is 0 Å². The van der Waals surface area contributed by atoms with Crippen LogP contribution in [-0.4, -0.2) is 22.2 Å². The Morgan fingerprint density at radius 1 is 1.27 bits per heavy atom. The van der Waals surface area contributed by atoms with Crippen LogP contribution in [0.5, 0.6) is 11.6 Å². The second-order valence-electron chi connectivity index (χ2n) is 3.00. The van der Waals surface area contributed by atoms with Gasteiger partial charge in [-0.25, -0.2) is 4.79 Å². The molecule has 1 aromatic carbocycles. The summed E-state index contributed by atoms with van der Waals surface area (Å²) < 4.78 is 5.12. The summed E-state index contributed by atoms with van der Waals surface area (Å²) in [6.45, 7) is 0. The fourth-order valence-electron chi connectivity index (χ4n) is 1.42. The number of methoxy groups -OCH3 is 1. The summed E-state index contributed by atoms with van der Waals surface area (Å²) >= 11 is 0. The Bertz CT molecular complexity index is 527. The second-order valence-corrected chi connectivity index (χ2v) is 3.00. The molecule has 0 spiro atoms. The van der Waals surface area contributed by atoms with Gasteiger partial charge in [-0.1, -0.05) is 12.1 Å². The lowest BCUT2D eigenvalue weighted by Gasteiger charge is -2.05. The Morgan fingerprint density at radius 2 is 2.00 bits per heavy atom. The van der Waals surface area contributed by atoms with Crippen molar-refractivity contribution in [1.82, 2.24) is 9.97 Å². The van der Waals surface area contributed by atoms with Gasteiger partial charge in [0.15, 0.2) is 0 Å². The van der Waals surface area contributed by atoms with E-state index in [1.807, 2.05) is 6.07 Å². The number of aromatic hydroxyl groups is 1. The molecule has 0 saturated heterocycles. The van der Waals surface area contributed by atoms with E-state index in [1.165, 1.54) is 7.11 Å². The van der Waals surface area contributed by atoms with Gasteiger partial charge in [0, 0.05) is 5.56 Å². The molecule has 5 nitrogen and oxygen atoms in total. The molecule has 2 aromatic rings. The van der Waals surface area contributed by atoms with Crippen LogP contribution in [0.4, 0.5) is 0 Å². The van der Waals surface area contributed by atoms with Crippen molar-refractivity contribution in [2.24, 2.45) is 0 Å². The van der Waals surface area contributed by atoms with Gasteiger partial charge in [0.05, 0.1) is 7.11 Å². The third-order valence-corrected chi connectivity index (χ3v) is 2.08. The number of imidazole rings is 1. The Morgan fingerprint density at radius 3 is 2.60 bits per heavy atom. The Balaban J connectivity index is 2.63. The summed E-state index contributed by atoms with van der Waals surface area (Å²) in [5, 5.41) is 9.46. The molecule has 1 aromatic heterocycles. The minimum atomic E-state index is -0.451. The molecule has 0 aliphatic heterocycles. The van der Waals surface area contributed by atoms with E-state index in [1.54, 1.807) is 18.2 Å². The number of rotatable bonds is 2. The van der Waals surface area contributed by atoms with Crippen LogP contribution in [-0.2, 0) is 0 Å². The van der Waals surface area contributed by atoms with Crippen molar-refractivity contribution in [3.05, 3.63) is 34.7 Å². The number of hydrogen-bond acceptors (Lipinski definition) is 3. The summed E-state index contributed by atoms with van der Waals surface area (Å²) in [7, 11) is 1.53. The first-order chi connectivity index (χ1) is 7.22. The number of hydrogen-bond donors (Lipinski definition) is 3. The van der Waals surface area contributed by atoms with Crippen molar-refractivity contribution in [2.75, 3.05) is 7.11 Å².